The Bertz CT molecular complexity index is 371. The zero-order valence-electron chi connectivity index (χ0n) is 10.2. The van der Waals surface area contributed by atoms with Gasteiger partial charge in [-0.25, -0.2) is 4.79 Å². The van der Waals surface area contributed by atoms with E-state index in [0.717, 1.165) is 24.8 Å². The highest BCUT2D eigenvalue weighted by molar-refractivity contribution is 5.89. The number of rotatable bonds is 4. The molecule has 0 spiro atoms. The Morgan fingerprint density at radius 1 is 1.41 bits per heavy atom. The van der Waals surface area contributed by atoms with Crippen molar-refractivity contribution >= 4 is 11.9 Å². The Hall–Kier alpha value is -1.36. The Morgan fingerprint density at radius 2 is 2.00 bits per heavy atom. The highest BCUT2D eigenvalue weighted by atomic mass is 16.4. The van der Waals surface area contributed by atoms with Gasteiger partial charge in [-0.2, -0.15) is 0 Å². The van der Waals surface area contributed by atoms with Gasteiger partial charge in [0, 0.05) is 12.0 Å². The molecule has 96 valence electrons. The quantitative estimate of drug-likeness (QED) is 0.645. The second-order valence-electron chi connectivity index (χ2n) is 5.15. The molecule has 0 bridgehead atoms. The summed E-state index contributed by atoms with van der Waals surface area (Å²) in [5.41, 5.74) is 6.29. The minimum absolute atomic E-state index is 0.108. The van der Waals surface area contributed by atoms with Gasteiger partial charge in [0.15, 0.2) is 0 Å². The Labute approximate surface area is 100 Å². The van der Waals surface area contributed by atoms with Crippen LogP contribution in [0.3, 0.4) is 0 Å². The minimum Gasteiger partial charge on any atom is -0.480 e. The van der Waals surface area contributed by atoms with Crippen molar-refractivity contribution in [2.75, 3.05) is 0 Å². The molecule has 1 aliphatic carbocycles. The van der Waals surface area contributed by atoms with Gasteiger partial charge in [0.25, 0.3) is 0 Å². The molecule has 1 atom stereocenters. The number of carbonyl (C=O) groups is 2. The van der Waals surface area contributed by atoms with Gasteiger partial charge >= 0.3 is 11.9 Å². The fourth-order valence-electron chi connectivity index (χ4n) is 2.40. The second kappa shape index (κ2) is 4.87. The Kier molecular flexibility index (Phi) is 3.93. The average molecular weight is 241 g/mol. The molecular formula is C12H19NO4. The summed E-state index contributed by atoms with van der Waals surface area (Å²) < 4.78 is 0. The van der Waals surface area contributed by atoms with E-state index in [1.54, 1.807) is 0 Å². The smallest absolute Gasteiger partial charge is 0.331 e. The van der Waals surface area contributed by atoms with E-state index in [-0.39, 0.29) is 17.4 Å². The fraction of sp³-hybridized carbons (Fsp3) is 0.667. The van der Waals surface area contributed by atoms with Gasteiger partial charge in [-0.1, -0.05) is 19.4 Å². The maximum Gasteiger partial charge on any atom is 0.331 e. The second-order valence-corrected chi connectivity index (χ2v) is 5.15. The zero-order valence-corrected chi connectivity index (χ0v) is 10.2. The van der Waals surface area contributed by atoms with Crippen molar-refractivity contribution in [1.29, 1.82) is 0 Å². The molecule has 0 radical (unpaired) electrons. The normalized spacial score (nSPS) is 23.2. The molecule has 1 saturated carbocycles. The van der Waals surface area contributed by atoms with E-state index in [4.69, 9.17) is 10.8 Å². The van der Waals surface area contributed by atoms with Gasteiger partial charge < -0.3 is 15.9 Å². The van der Waals surface area contributed by atoms with Crippen LogP contribution in [0.15, 0.2) is 11.1 Å². The summed E-state index contributed by atoms with van der Waals surface area (Å²) in [6.07, 6.45) is 2.49. The van der Waals surface area contributed by atoms with Crippen molar-refractivity contribution in [3.05, 3.63) is 11.1 Å². The van der Waals surface area contributed by atoms with Gasteiger partial charge in [-0.3, -0.25) is 4.79 Å². The molecular weight excluding hydrogens is 222 g/mol. The van der Waals surface area contributed by atoms with E-state index in [0.29, 0.717) is 0 Å². The molecule has 4 N–H and O–H groups in total. The van der Waals surface area contributed by atoms with Crippen LogP contribution >= 0.6 is 0 Å². The van der Waals surface area contributed by atoms with Crippen LogP contribution in [0.5, 0.6) is 0 Å². The first-order valence-electron chi connectivity index (χ1n) is 5.70. The van der Waals surface area contributed by atoms with E-state index in [2.05, 4.69) is 0 Å². The molecule has 5 heteroatoms. The maximum atomic E-state index is 11.2. The number of aliphatic carboxylic acids is 2. The van der Waals surface area contributed by atoms with E-state index >= 15 is 0 Å². The minimum atomic E-state index is -1.17. The molecule has 1 aliphatic rings. The summed E-state index contributed by atoms with van der Waals surface area (Å²) in [5, 5.41) is 17.9. The van der Waals surface area contributed by atoms with Crippen LogP contribution < -0.4 is 5.73 Å². The largest absolute Gasteiger partial charge is 0.480 e. The van der Waals surface area contributed by atoms with Crippen molar-refractivity contribution in [2.24, 2.45) is 11.1 Å². The van der Waals surface area contributed by atoms with Crippen molar-refractivity contribution in [1.82, 2.24) is 0 Å². The number of carboxylic acid groups (broad SMARTS) is 2. The van der Waals surface area contributed by atoms with Crippen LogP contribution in [-0.4, -0.2) is 28.2 Å². The van der Waals surface area contributed by atoms with Crippen LogP contribution in [0, 0.1) is 5.41 Å². The lowest BCUT2D eigenvalue weighted by Gasteiger charge is -2.23. The molecule has 0 amide bonds. The van der Waals surface area contributed by atoms with Gasteiger partial charge in [-0.15, -0.1) is 0 Å². The third kappa shape index (κ3) is 3.06. The van der Waals surface area contributed by atoms with E-state index in [9.17, 15) is 14.7 Å². The number of carboxylic acids is 2. The summed E-state index contributed by atoms with van der Waals surface area (Å²) in [5.74, 6) is -2.22. The van der Waals surface area contributed by atoms with E-state index in [1.165, 1.54) is 0 Å². The predicted molar refractivity (Wildman–Crippen MR) is 62.5 cm³/mol. The molecule has 0 saturated heterocycles. The fourth-order valence-corrected chi connectivity index (χ4v) is 2.40. The third-order valence-corrected chi connectivity index (χ3v) is 3.41. The molecule has 0 heterocycles. The molecule has 0 unspecified atom stereocenters. The van der Waals surface area contributed by atoms with Gasteiger partial charge in [0.05, 0.1) is 0 Å². The maximum absolute atomic E-state index is 11.2. The summed E-state index contributed by atoms with van der Waals surface area (Å²) in [7, 11) is 0. The Morgan fingerprint density at radius 3 is 2.35 bits per heavy atom. The Balaban J connectivity index is 3.05. The first-order valence-corrected chi connectivity index (χ1v) is 5.70. The number of hydrogen-bond donors (Lipinski definition) is 3. The van der Waals surface area contributed by atoms with E-state index in [1.807, 2.05) is 13.8 Å². The van der Waals surface area contributed by atoms with Crippen LogP contribution in [0.1, 0.15) is 39.5 Å². The number of allylic oxidation sites excluding steroid dienone is 1. The molecule has 17 heavy (non-hydrogen) atoms. The number of nitrogens with two attached hydrogens (primary N) is 1. The first kappa shape index (κ1) is 13.7. The van der Waals surface area contributed by atoms with Gasteiger partial charge in [0.2, 0.25) is 0 Å². The predicted octanol–water partition coefficient (Wildman–Crippen LogP) is 1.38. The van der Waals surface area contributed by atoms with Crippen LogP contribution in [0.2, 0.25) is 0 Å². The lowest BCUT2D eigenvalue weighted by molar-refractivity contribution is -0.138. The van der Waals surface area contributed by atoms with Crippen molar-refractivity contribution in [3.63, 3.8) is 0 Å². The SMILES string of the molecule is CC1(C)CCCC1=C(C[C@H](N)C(=O)O)C(=O)O. The summed E-state index contributed by atoms with van der Waals surface area (Å²) >= 11 is 0. The van der Waals surface area contributed by atoms with Gasteiger partial charge in [0.1, 0.15) is 6.04 Å². The molecule has 0 aliphatic heterocycles. The van der Waals surface area contributed by atoms with Crippen LogP contribution in [0.25, 0.3) is 0 Å². The van der Waals surface area contributed by atoms with Crippen molar-refractivity contribution < 1.29 is 19.8 Å². The highest BCUT2D eigenvalue weighted by Crippen LogP contribution is 2.44. The number of hydrogen-bond acceptors (Lipinski definition) is 3. The van der Waals surface area contributed by atoms with Crippen molar-refractivity contribution in [2.45, 2.75) is 45.6 Å². The summed E-state index contributed by atoms with van der Waals surface area (Å²) in [6.45, 7) is 3.98. The molecule has 5 nitrogen and oxygen atoms in total. The van der Waals surface area contributed by atoms with Crippen molar-refractivity contribution in [3.8, 4) is 0 Å². The topological polar surface area (TPSA) is 101 Å². The van der Waals surface area contributed by atoms with Crippen LogP contribution in [0.4, 0.5) is 0 Å². The molecule has 0 aromatic rings. The van der Waals surface area contributed by atoms with E-state index < -0.39 is 18.0 Å². The first-order chi connectivity index (χ1) is 7.75. The van der Waals surface area contributed by atoms with Crippen LogP contribution in [-0.2, 0) is 9.59 Å². The average Bonchev–Trinajstić information content (AvgIpc) is 2.53. The molecule has 0 aromatic carbocycles. The highest BCUT2D eigenvalue weighted by Gasteiger charge is 2.34. The summed E-state index contributed by atoms with van der Waals surface area (Å²) in [6, 6.07) is -1.15. The summed E-state index contributed by atoms with van der Waals surface area (Å²) in [4.78, 5) is 21.9. The van der Waals surface area contributed by atoms with Gasteiger partial charge in [-0.05, 0) is 24.7 Å². The standard InChI is InChI=1S/C12H19NO4/c1-12(2)5-3-4-8(12)7(10(14)15)6-9(13)11(16)17/h9H,3-6,13H2,1-2H3,(H,14,15)(H,16,17)/t9-/m0/s1. The zero-order chi connectivity index (χ0) is 13.2. The monoisotopic (exact) mass is 241 g/mol. The third-order valence-electron chi connectivity index (χ3n) is 3.41. The molecule has 0 aromatic heterocycles. The lowest BCUT2D eigenvalue weighted by Crippen LogP contribution is -2.32. The lowest BCUT2D eigenvalue weighted by atomic mass is 9.82. The molecule has 1 fully saturated rings. The molecule has 1 rings (SSSR count).